The van der Waals surface area contributed by atoms with E-state index in [1.54, 1.807) is 13.2 Å². The second kappa shape index (κ2) is 5.10. The van der Waals surface area contributed by atoms with Crippen LogP contribution in [-0.4, -0.2) is 6.29 Å². The molecule has 6 heavy (non-hydrogen) atoms. The Morgan fingerprint density at radius 3 is 2.00 bits per heavy atom. The molecule has 2 heteroatoms. The van der Waals surface area contributed by atoms with E-state index in [1.165, 1.54) is 0 Å². The van der Waals surface area contributed by atoms with Crippen LogP contribution in [0.15, 0.2) is 12.2 Å². The molecule has 0 aromatic carbocycles. The summed E-state index contributed by atoms with van der Waals surface area (Å²) in [5, 5.41) is 0. The van der Waals surface area contributed by atoms with E-state index in [-0.39, 0.29) is 21.1 Å². The molecule has 0 atom stereocenters. The van der Waals surface area contributed by atoms with Crippen molar-refractivity contribution in [1.82, 2.24) is 0 Å². The van der Waals surface area contributed by atoms with Gasteiger partial charge in [-0.15, -0.1) is 0 Å². The molecule has 0 aliphatic heterocycles. The minimum atomic E-state index is 0. The van der Waals surface area contributed by atoms with Crippen molar-refractivity contribution in [2.75, 3.05) is 0 Å². The van der Waals surface area contributed by atoms with Crippen molar-refractivity contribution in [3.63, 3.8) is 0 Å². The average molecular weight is 253 g/mol. The minimum Gasteiger partial charge on any atom is -0.419 e. The number of hydrogen-bond acceptors (Lipinski definition) is 1. The molecule has 32 valence electrons. The smallest absolute Gasteiger partial charge is 0.419 e. The zero-order valence-electron chi connectivity index (χ0n) is 3.52. The summed E-state index contributed by atoms with van der Waals surface area (Å²) in [4.78, 5) is 9.28. The fraction of sp³-hybridized carbons (Fsp3) is 0.250. The summed E-state index contributed by atoms with van der Waals surface area (Å²) in [6.07, 6.45) is 1.58. The summed E-state index contributed by atoms with van der Waals surface area (Å²) < 4.78 is 0. The number of hydrogen-bond donors (Lipinski definition) is 0. The Morgan fingerprint density at radius 2 is 2.00 bits per heavy atom. The second-order valence-corrected chi connectivity index (χ2v) is 0.882. The van der Waals surface area contributed by atoms with Crippen LogP contribution in [-0.2, 0) is 25.9 Å². The first-order chi connectivity index (χ1) is 2.27. The van der Waals surface area contributed by atoms with Crippen molar-refractivity contribution in [3.05, 3.63) is 12.2 Å². The molecule has 0 aromatic rings. The van der Waals surface area contributed by atoms with Gasteiger partial charge in [-0.2, -0.15) is 5.57 Å². The molecule has 0 bridgehead atoms. The van der Waals surface area contributed by atoms with E-state index >= 15 is 0 Å². The summed E-state index contributed by atoms with van der Waals surface area (Å²) >= 11 is 0. The van der Waals surface area contributed by atoms with Crippen molar-refractivity contribution in [2.24, 2.45) is 0 Å². The molecule has 0 fully saturated rings. The van der Waals surface area contributed by atoms with Gasteiger partial charge < -0.3 is 4.79 Å². The molecule has 0 aliphatic carbocycles. The molecule has 0 saturated heterocycles. The van der Waals surface area contributed by atoms with Crippen LogP contribution in [0.4, 0.5) is 0 Å². The van der Waals surface area contributed by atoms with Gasteiger partial charge in [0, 0.05) is 0 Å². The summed E-state index contributed by atoms with van der Waals surface area (Å²) in [5.74, 6) is 0. The van der Waals surface area contributed by atoms with Gasteiger partial charge in [0.2, 0.25) is 0 Å². The average Bonchev–Trinajstić information content (AvgIpc) is 1.38. The first-order valence-electron chi connectivity index (χ1n) is 1.31. The van der Waals surface area contributed by atoms with Crippen LogP contribution in [0.3, 0.4) is 0 Å². The standard InChI is InChI=1S/C4H5O.W/c1-4(2)3-5;/h1H2,2H3;/q-1;+2. The number of carbonyl (C=O) groups excluding carboxylic acids is 1. The van der Waals surface area contributed by atoms with E-state index in [0.29, 0.717) is 5.57 Å². The van der Waals surface area contributed by atoms with E-state index in [1.807, 2.05) is 0 Å². The van der Waals surface area contributed by atoms with Gasteiger partial charge >= 0.3 is 21.1 Å². The Hall–Kier alpha value is 0.0983. The Bertz CT molecular complexity index is 58.6. The van der Waals surface area contributed by atoms with E-state index < -0.39 is 0 Å². The van der Waals surface area contributed by atoms with E-state index in [9.17, 15) is 4.79 Å². The van der Waals surface area contributed by atoms with E-state index in [0.717, 1.165) is 0 Å². The molecular weight excluding hydrogens is 248 g/mol. The topological polar surface area (TPSA) is 17.1 Å². The molecule has 0 rings (SSSR count). The number of rotatable bonds is 1. The monoisotopic (exact) mass is 253 g/mol. The van der Waals surface area contributed by atoms with Crippen LogP contribution < -0.4 is 0 Å². The SMILES string of the molecule is C=C(C)[C-]=O.[W+2]. The predicted molar refractivity (Wildman–Crippen MR) is 20.5 cm³/mol. The van der Waals surface area contributed by atoms with Crippen LogP contribution in [0.1, 0.15) is 6.92 Å². The van der Waals surface area contributed by atoms with Crippen LogP contribution >= 0.6 is 0 Å². The molecule has 0 aliphatic rings. The Labute approximate surface area is 51.7 Å². The van der Waals surface area contributed by atoms with Crippen LogP contribution in [0.2, 0.25) is 0 Å². The van der Waals surface area contributed by atoms with E-state index in [4.69, 9.17) is 0 Å². The van der Waals surface area contributed by atoms with Crippen molar-refractivity contribution < 1.29 is 25.9 Å². The summed E-state index contributed by atoms with van der Waals surface area (Å²) in [6.45, 7) is 4.85. The van der Waals surface area contributed by atoms with Crippen molar-refractivity contribution in [2.45, 2.75) is 6.92 Å². The molecule has 0 unspecified atom stereocenters. The van der Waals surface area contributed by atoms with Gasteiger partial charge in [0.25, 0.3) is 0 Å². The van der Waals surface area contributed by atoms with Gasteiger partial charge in [-0.05, 0) is 6.29 Å². The summed E-state index contributed by atoms with van der Waals surface area (Å²) in [5.41, 5.74) is 0.449. The molecule has 1 nitrogen and oxygen atoms in total. The largest absolute Gasteiger partial charge is 2.00 e. The zero-order valence-corrected chi connectivity index (χ0v) is 6.46. The van der Waals surface area contributed by atoms with Crippen LogP contribution in [0, 0.1) is 0 Å². The molecule has 0 N–H and O–H groups in total. The third kappa shape index (κ3) is 8.94. The maximum absolute atomic E-state index is 9.28. The maximum atomic E-state index is 9.28. The molecule has 0 spiro atoms. The van der Waals surface area contributed by atoms with Crippen molar-refractivity contribution in [1.29, 1.82) is 0 Å². The molecule has 0 amide bonds. The molecular formula is C4H5OW+. The third-order valence-electron chi connectivity index (χ3n) is 0.174. The van der Waals surface area contributed by atoms with Gasteiger partial charge in [0.15, 0.2) is 0 Å². The van der Waals surface area contributed by atoms with Gasteiger partial charge in [0.05, 0.1) is 0 Å². The van der Waals surface area contributed by atoms with Crippen LogP contribution in [0.25, 0.3) is 0 Å². The molecule has 0 radical (unpaired) electrons. The summed E-state index contributed by atoms with van der Waals surface area (Å²) in [6, 6.07) is 0. The first kappa shape index (κ1) is 9.44. The van der Waals surface area contributed by atoms with Gasteiger partial charge in [-0.1, -0.05) is 6.92 Å². The fourth-order valence-electron chi connectivity index (χ4n) is 0. The molecule has 0 heterocycles. The summed E-state index contributed by atoms with van der Waals surface area (Å²) in [7, 11) is 0. The third-order valence-corrected chi connectivity index (χ3v) is 0.174. The van der Waals surface area contributed by atoms with Gasteiger partial charge in [-0.3, -0.25) is 0 Å². The Kier molecular flexibility index (Phi) is 8.02. The Morgan fingerprint density at radius 1 is 1.83 bits per heavy atom. The van der Waals surface area contributed by atoms with Crippen molar-refractivity contribution >= 4 is 6.29 Å². The second-order valence-electron chi connectivity index (χ2n) is 0.882. The van der Waals surface area contributed by atoms with Crippen molar-refractivity contribution in [3.8, 4) is 0 Å². The van der Waals surface area contributed by atoms with Gasteiger partial charge in [0.1, 0.15) is 0 Å². The minimum absolute atomic E-state index is 0. The predicted octanol–water partition coefficient (Wildman–Crippen LogP) is 0.670. The van der Waals surface area contributed by atoms with Gasteiger partial charge in [-0.25, -0.2) is 6.58 Å². The fourth-order valence-corrected chi connectivity index (χ4v) is 0. The Balaban J connectivity index is 0. The maximum Gasteiger partial charge on any atom is 2.00 e. The zero-order chi connectivity index (χ0) is 4.28. The van der Waals surface area contributed by atoms with Crippen LogP contribution in [0.5, 0.6) is 0 Å². The first-order valence-corrected chi connectivity index (χ1v) is 1.31. The molecule has 0 saturated carbocycles. The quantitative estimate of drug-likeness (QED) is 0.495. The number of allylic oxidation sites excluding steroid dienone is 1. The molecule has 0 aromatic heterocycles. The van der Waals surface area contributed by atoms with E-state index in [2.05, 4.69) is 6.58 Å². The normalized spacial score (nSPS) is 5.50.